The van der Waals surface area contributed by atoms with Crippen molar-refractivity contribution in [3.8, 4) is 11.8 Å². The van der Waals surface area contributed by atoms with E-state index in [1.807, 2.05) is 32.0 Å². The van der Waals surface area contributed by atoms with Crippen molar-refractivity contribution in [2.24, 2.45) is 0 Å². The molecular formula is C15H18N2O2S. The molecule has 20 heavy (non-hydrogen) atoms. The van der Waals surface area contributed by atoms with Gasteiger partial charge in [0.2, 0.25) is 11.8 Å². The fourth-order valence-corrected chi connectivity index (χ4v) is 2.65. The van der Waals surface area contributed by atoms with Crippen molar-refractivity contribution in [1.29, 1.82) is 0 Å². The van der Waals surface area contributed by atoms with E-state index in [1.165, 1.54) is 11.9 Å². The molecule has 0 saturated carbocycles. The van der Waals surface area contributed by atoms with Crippen LogP contribution in [0, 0.1) is 0 Å². The zero-order chi connectivity index (χ0) is 14.2. The lowest BCUT2D eigenvalue weighted by Crippen LogP contribution is -2.02. The van der Waals surface area contributed by atoms with E-state index >= 15 is 0 Å². The molecule has 1 heterocycles. The first-order valence-electron chi connectivity index (χ1n) is 6.62. The molecule has 0 aliphatic carbocycles. The number of ether oxygens (including phenoxy) is 2. The Morgan fingerprint density at radius 3 is 2.10 bits per heavy atom. The van der Waals surface area contributed by atoms with E-state index < -0.39 is 0 Å². The van der Waals surface area contributed by atoms with Gasteiger partial charge in [0, 0.05) is 5.75 Å². The summed E-state index contributed by atoms with van der Waals surface area (Å²) in [6, 6.07) is 10.3. The second-order valence-electron chi connectivity index (χ2n) is 3.95. The maximum atomic E-state index is 5.56. The van der Waals surface area contributed by atoms with E-state index in [1.54, 1.807) is 11.8 Å². The Morgan fingerprint density at radius 2 is 1.55 bits per heavy atom. The Bertz CT molecular complexity index is 510. The zero-order valence-corrected chi connectivity index (χ0v) is 12.5. The molecular weight excluding hydrogens is 272 g/mol. The number of hydrogen-bond acceptors (Lipinski definition) is 5. The topological polar surface area (TPSA) is 44.2 Å². The third kappa shape index (κ3) is 3.87. The Kier molecular flexibility index (Phi) is 5.68. The smallest absolute Gasteiger partial charge is 0.234 e. The van der Waals surface area contributed by atoms with Crippen LogP contribution in [0.15, 0.2) is 41.6 Å². The summed E-state index contributed by atoms with van der Waals surface area (Å²) < 4.78 is 11.1. The normalized spacial score (nSPS) is 10.3. The van der Waals surface area contributed by atoms with E-state index in [0.29, 0.717) is 25.0 Å². The average molecular weight is 290 g/mol. The van der Waals surface area contributed by atoms with Crippen LogP contribution in [-0.4, -0.2) is 23.2 Å². The molecule has 1 aromatic carbocycles. The Morgan fingerprint density at radius 1 is 0.950 bits per heavy atom. The number of aromatic nitrogens is 2. The minimum atomic E-state index is 0.571. The van der Waals surface area contributed by atoms with Crippen molar-refractivity contribution in [3.05, 3.63) is 42.2 Å². The summed E-state index contributed by atoms with van der Waals surface area (Å²) in [6.07, 6.45) is 1.47. The van der Waals surface area contributed by atoms with Crippen molar-refractivity contribution >= 4 is 11.8 Å². The van der Waals surface area contributed by atoms with Crippen molar-refractivity contribution in [1.82, 2.24) is 9.97 Å². The average Bonchev–Trinajstić information content (AvgIpc) is 2.48. The van der Waals surface area contributed by atoms with Gasteiger partial charge in [0.15, 0.2) is 0 Å². The van der Waals surface area contributed by atoms with Crippen molar-refractivity contribution in [2.75, 3.05) is 13.2 Å². The highest BCUT2D eigenvalue weighted by Gasteiger charge is 2.14. The molecule has 0 radical (unpaired) electrons. The molecule has 2 rings (SSSR count). The first kappa shape index (κ1) is 14.7. The number of nitrogens with zero attached hydrogens (tertiary/aromatic N) is 2. The molecule has 0 aliphatic heterocycles. The largest absolute Gasteiger partial charge is 0.477 e. The van der Waals surface area contributed by atoms with Gasteiger partial charge in [-0.15, -0.1) is 11.8 Å². The summed E-state index contributed by atoms with van der Waals surface area (Å²) >= 11 is 1.63. The Hall–Kier alpha value is -1.75. The molecule has 0 saturated heterocycles. The molecule has 0 bridgehead atoms. The van der Waals surface area contributed by atoms with Gasteiger partial charge in [0.25, 0.3) is 0 Å². The first-order valence-corrected chi connectivity index (χ1v) is 7.61. The molecule has 0 N–H and O–H groups in total. The van der Waals surface area contributed by atoms with E-state index in [2.05, 4.69) is 22.1 Å². The van der Waals surface area contributed by atoms with Crippen molar-refractivity contribution in [2.45, 2.75) is 24.5 Å². The van der Waals surface area contributed by atoms with Gasteiger partial charge in [-0.1, -0.05) is 30.3 Å². The quantitative estimate of drug-likeness (QED) is 0.729. The summed E-state index contributed by atoms with van der Waals surface area (Å²) in [4.78, 5) is 9.24. The molecule has 0 fully saturated rings. The molecule has 4 nitrogen and oxygen atoms in total. The highest BCUT2D eigenvalue weighted by atomic mass is 32.2. The van der Waals surface area contributed by atoms with Crippen molar-refractivity contribution in [3.63, 3.8) is 0 Å². The molecule has 2 aromatic rings. The van der Waals surface area contributed by atoms with Crippen LogP contribution in [0.2, 0.25) is 0 Å². The lowest BCUT2D eigenvalue weighted by molar-refractivity contribution is 0.289. The second-order valence-corrected chi connectivity index (χ2v) is 4.94. The summed E-state index contributed by atoms with van der Waals surface area (Å²) in [5, 5.41) is 0. The molecule has 0 spiro atoms. The van der Waals surface area contributed by atoms with Gasteiger partial charge in [-0.05, 0) is 19.4 Å². The maximum absolute atomic E-state index is 5.56. The Labute approximate surface area is 123 Å². The minimum Gasteiger partial charge on any atom is -0.477 e. The molecule has 0 atom stereocenters. The molecule has 106 valence electrons. The number of benzene rings is 1. The van der Waals surface area contributed by atoms with E-state index in [0.717, 1.165) is 10.6 Å². The Balaban J connectivity index is 2.18. The summed E-state index contributed by atoms with van der Waals surface area (Å²) in [5.74, 6) is 2.01. The van der Waals surface area contributed by atoms with Crippen LogP contribution in [0.1, 0.15) is 19.4 Å². The van der Waals surface area contributed by atoms with Crippen LogP contribution >= 0.6 is 11.8 Å². The number of hydrogen-bond donors (Lipinski definition) is 0. The second kappa shape index (κ2) is 7.75. The van der Waals surface area contributed by atoms with Crippen molar-refractivity contribution < 1.29 is 9.47 Å². The number of thioether (sulfide) groups is 1. The van der Waals surface area contributed by atoms with Gasteiger partial charge < -0.3 is 9.47 Å². The highest BCUT2D eigenvalue weighted by molar-refractivity contribution is 7.98. The van der Waals surface area contributed by atoms with Gasteiger partial charge in [-0.3, -0.25) is 0 Å². The summed E-state index contributed by atoms with van der Waals surface area (Å²) in [7, 11) is 0. The van der Waals surface area contributed by atoms with E-state index in [9.17, 15) is 0 Å². The standard InChI is InChI=1S/C15H18N2O2S/c1-3-18-14-13(15(19-4-2)17-11-16-14)20-10-12-8-6-5-7-9-12/h5-9,11H,3-4,10H2,1-2H3. The fraction of sp³-hybridized carbons (Fsp3) is 0.333. The van der Waals surface area contributed by atoms with Crippen LogP contribution in [-0.2, 0) is 5.75 Å². The first-order chi connectivity index (χ1) is 9.85. The van der Waals surface area contributed by atoms with Crippen LogP contribution in [0.3, 0.4) is 0 Å². The predicted octanol–water partition coefficient (Wildman–Crippen LogP) is 3.57. The molecule has 0 aliphatic rings. The third-order valence-corrected chi connectivity index (χ3v) is 3.64. The van der Waals surface area contributed by atoms with Gasteiger partial charge in [0.1, 0.15) is 11.2 Å². The summed E-state index contributed by atoms with van der Waals surface area (Å²) in [5.41, 5.74) is 1.24. The SMILES string of the molecule is CCOc1ncnc(OCC)c1SCc1ccccc1. The minimum absolute atomic E-state index is 0.571. The number of rotatable bonds is 7. The summed E-state index contributed by atoms with van der Waals surface area (Å²) in [6.45, 7) is 5.02. The molecule has 5 heteroatoms. The van der Waals surface area contributed by atoms with Crippen LogP contribution < -0.4 is 9.47 Å². The van der Waals surface area contributed by atoms with Crippen LogP contribution in [0.5, 0.6) is 11.8 Å². The lowest BCUT2D eigenvalue weighted by Gasteiger charge is -2.12. The third-order valence-electron chi connectivity index (χ3n) is 2.53. The van der Waals surface area contributed by atoms with E-state index in [-0.39, 0.29) is 0 Å². The molecule has 0 amide bonds. The van der Waals surface area contributed by atoms with Crippen LogP contribution in [0.25, 0.3) is 0 Å². The van der Waals surface area contributed by atoms with Crippen LogP contribution in [0.4, 0.5) is 0 Å². The maximum Gasteiger partial charge on any atom is 0.234 e. The molecule has 0 unspecified atom stereocenters. The van der Waals surface area contributed by atoms with Gasteiger partial charge >= 0.3 is 0 Å². The monoisotopic (exact) mass is 290 g/mol. The lowest BCUT2D eigenvalue weighted by atomic mass is 10.2. The van der Waals surface area contributed by atoms with Gasteiger partial charge in [-0.2, -0.15) is 0 Å². The van der Waals surface area contributed by atoms with E-state index in [4.69, 9.17) is 9.47 Å². The van der Waals surface area contributed by atoms with Gasteiger partial charge in [-0.25, -0.2) is 9.97 Å². The van der Waals surface area contributed by atoms with Gasteiger partial charge in [0.05, 0.1) is 13.2 Å². The highest BCUT2D eigenvalue weighted by Crippen LogP contribution is 2.36. The molecule has 1 aromatic heterocycles. The predicted molar refractivity (Wildman–Crippen MR) is 80.4 cm³/mol. The zero-order valence-electron chi connectivity index (χ0n) is 11.7. The fourth-order valence-electron chi connectivity index (χ4n) is 1.67.